The standard InChI is InChI=1S/C16H28N2O4/c1-16(2,3)22-15(20)17-13-9-6-12(7-10-13)8-11-14(19)18(4)21-5/h8,11-13H,6-7,9-10H2,1-5H3,(H,17,20)/b11-8+. The quantitative estimate of drug-likeness (QED) is 0.640. The molecule has 2 amide bonds. The molecule has 0 aliphatic heterocycles. The molecule has 22 heavy (non-hydrogen) atoms. The van der Waals surface area contributed by atoms with Gasteiger partial charge in [-0.3, -0.25) is 9.63 Å². The highest BCUT2D eigenvalue weighted by Crippen LogP contribution is 2.25. The Morgan fingerprint density at radius 1 is 1.18 bits per heavy atom. The fraction of sp³-hybridized carbons (Fsp3) is 0.750. The van der Waals surface area contributed by atoms with Crippen molar-refractivity contribution in [1.82, 2.24) is 10.4 Å². The van der Waals surface area contributed by atoms with E-state index in [0.717, 1.165) is 25.7 Å². The fourth-order valence-electron chi connectivity index (χ4n) is 2.34. The van der Waals surface area contributed by atoms with Crippen LogP contribution < -0.4 is 5.32 Å². The van der Waals surface area contributed by atoms with Crippen LogP contribution in [0.2, 0.25) is 0 Å². The second-order valence-electron chi connectivity index (χ2n) is 6.64. The van der Waals surface area contributed by atoms with E-state index in [1.807, 2.05) is 26.8 Å². The van der Waals surface area contributed by atoms with Crippen molar-refractivity contribution < 1.29 is 19.2 Å². The molecule has 0 aromatic carbocycles. The highest BCUT2D eigenvalue weighted by atomic mass is 16.7. The van der Waals surface area contributed by atoms with Crippen LogP contribution in [0.4, 0.5) is 4.79 Å². The minimum Gasteiger partial charge on any atom is -0.444 e. The molecule has 0 aromatic heterocycles. The summed E-state index contributed by atoms with van der Waals surface area (Å²) < 4.78 is 5.26. The summed E-state index contributed by atoms with van der Waals surface area (Å²) in [6, 6.07) is 0.150. The number of hydrogen-bond donors (Lipinski definition) is 1. The van der Waals surface area contributed by atoms with Crippen molar-refractivity contribution >= 4 is 12.0 Å². The number of nitrogens with one attached hydrogen (secondary N) is 1. The number of rotatable bonds is 4. The van der Waals surface area contributed by atoms with E-state index >= 15 is 0 Å². The van der Waals surface area contributed by atoms with Crippen LogP contribution in [0.5, 0.6) is 0 Å². The maximum Gasteiger partial charge on any atom is 0.407 e. The number of hydroxylamine groups is 2. The highest BCUT2D eigenvalue weighted by Gasteiger charge is 2.23. The van der Waals surface area contributed by atoms with Gasteiger partial charge in [-0.25, -0.2) is 9.86 Å². The van der Waals surface area contributed by atoms with E-state index < -0.39 is 5.60 Å². The summed E-state index contributed by atoms with van der Waals surface area (Å²) in [5, 5.41) is 4.09. The summed E-state index contributed by atoms with van der Waals surface area (Å²) >= 11 is 0. The summed E-state index contributed by atoms with van der Waals surface area (Å²) in [6.45, 7) is 5.55. The molecule has 6 heteroatoms. The number of carbonyl (C=O) groups is 2. The topological polar surface area (TPSA) is 67.9 Å². The average molecular weight is 312 g/mol. The fourth-order valence-corrected chi connectivity index (χ4v) is 2.34. The molecule has 1 fully saturated rings. The van der Waals surface area contributed by atoms with E-state index in [9.17, 15) is 9.59 Å². The van der Waals surface area contributed by atoms with Crippen molar-refractivity contribution in [2.75, 3.05) is 14.2 Å². The number of carbonyl (C=O) groups excluding carboxylic acids is 2. The Labute approximate surface area is 132 Å². The number of amides is 2. The number of hydrogen-bond acceptors (Lipinski definition) is 4. The van der Waals surface area contributed by atoms with Crippen molar-refractivity contribution in [1.29, 1.82) is 0 Å². The third-order valence-electron chi connectivity index (χ3n) is 3.59. The van der Waals surface area contributed by atoms with E-state index in [-0.39, 0.29) is 18.0 Å². The molecule has 1 N–H and O–H groups in total. The van der Waals surface area contributed by atoms with Gasteiger partial charge in [-0.1, -0.05) is 6.08 Å². The summed E-state index contributed by atoms with van der Waals surface area (Å²) in [6.07, 6.45) is 6.80. The molecule has 0 spiro atoms. The minimum atomic E-state index is -0.474. The van der Waals surface area contributed by atoms with Gasteiger partial charge in [-0.15, -0.1) is 0 Å². The predicted octanol–water partition coefficient (Wildman–Crippen LogP) is 2.65. The predicted molar refractivity (Wildman–Crippen MR) is 84.0 cm³/mol. The summed E-state index contributed by atoms with van der Waals surface area (Å²) in [5.74, 6) is 0.197. The molecule has 126 valence electrons. The Kier molecular flexibility index (Phi) is 6.87. The molecular weight excluding hydrogens is 284 g/mol. The minimum absolute atomic E-state index is 0.150. The van der Waals surface area contributed by atoms with Gasteiger partial charge in [-0.2, -0.15) is 0 Å². The van der Waals surface area contributed by atoms with E-state index in [1.54, 1.807) is 13.1 Å². The van der Waals surface area contributed by atoms with Crippen molar-refractivity contribution in [2.45, 2.75) is 58.1 Å². The normalized spacial score (nSPS) is 22.4. The van der Waals surface area contributed by atoms with Gasteiger partial charge in [0.2, 0.25) is 0 Å². The van der Waals surface area contributed by atoms with Crippen molar-refractivity contribution in [3.8, 4) is 0 Å². The molecule has 0 heterocycles. The van der Waals surface area contributed by atoms with Crippen LogP contribution in [-0.4, -0.2) is 42.9 Å². The zero-order valence-corrected chi connectivity index (χ0v) is 14.2. The molecule has 6 nitrogen and oxygen atoms in total. The first-order valence-corrected chi connectivity index (χ1v) is 7.71. The lowest BCUT2D eigenvalue weighted by Gasteiger charge is -2.28. The molecule has 0 unspecified atom stereocenters. The van der Waals surface area contributed by atoms with Gasteiger partial charge in [0.1, 0.15) is 5.60 Å². The van der Waals surface area contributed by atoms with E-state index in [0.29, 0.717) is 5.92 Å². The third-order valence-corrected chi connectivity index (χ3v) is 3.59. The second-order valence-corrected chi connectivity index (χ2v) is 6.64. The molecule has 0 aromatic rings. The van der Waals surface area contributed by atoms with Gasteiger partial charge in [-0.05, 0) is 52.4 Å². The van der Waals surface area contributed by atoms with Crippen molar-refractivity contribution in [3.05, 3.63) is 12.2 Å². The first-order valence-electron chi connectivity index (χ1n) is 7.71. The van der Waals surface area contributed by atoms with Crippen LogP contribution in [0.25, 0.3) is 0 Å². The van der Waals surface area contributed by atoms with E-state index in [1.165, 1.54) is 12.2 Å². The molecule has 0 bridgehead atoms. The number of allylic oxidation sites excluding steroid dienone is 1. The highest BCUT2D eigenvalue weighted by molar-refractivity contribution is 5.86. The van der Waals surface area contributed by atoms with Gasteiger partial charge in [0.15, 0.2) is 0 Å². The Morgan fingerprint density at radius 3 is 2.27 bits per heavy atom. The summed E-state index contributed by atoms with van der Waals surface area (Å²) in [7, 11) is 3.04. The average Bonchev–Trinajstić information content (AvgIpc) is 2.43. The number of alkyl carbamates (subject to hydrolysis) is 1. The first-order chi connectivity index (χ1) is 10.2. The third kappa shape index (κ3) is 6.93. The molecule has 0 atom stereocenters. The maximum atomic E-state index is 11.7. The Morgan fingerprint density at radius 2 is 1.77 bits per heavy atom. The number of likely N-dealkylation sites (N-methyl/N-ethyl adjacent to an activating group) is 1. The lowest BCUT2D eigenvalue weighted by molar-refractivity contribution is -0.162. The van der Waals surface area contributed by atoms with Crippen molar-refractivity contribution in [3.63, 3.8) is 0 Å². The molecule has 0 saturated heterocycles. The van der Waals surface area contributed by atoms with E-state index in [4.69, 9.17) is 9.57 Å². The van der Waals surface area contributed by atoms with Crippen molar-refractivity contribution in [2.24, 2.45) is 5.92 Å². The monoisotopic (exact) mass is 312 g/mol. The van der Waals surface area contributed by atoms with Gasteiger partial charge >= 0.3 is 6.09 Å². The van der Waals surface area contributed by atoms with E-state index in [2.05, 4.69) is 5.32 Å². The molecule has 1 saturated carbocycles. The second kappa shape index (κ2) is 8.17. The molecule has 1 aliphatic carbocycles. The number of ether oxygens (including phenoxy) is 1. The Bertz CT molecular complexity index is 407. The van der Waals surface area contributed by atoms with Gasteiger partial charge in [0.05, 0.1) is 7.11 Å². The first kappa shape index (κ1) is 18.5. The van der Waals surface area contributed by atoms with Crippen LogP contribution in [0.15, 0.2) is 12.2 Å². The van der Waals surface area contributed by atoms with Gasteiger partial charge in [0.25, 0.3) is 5.91 Å². The van der Waals surface area contributed by atoms with Crippen LogP contribution >= 0.6 is 0 Å². The smallest absolute Gasteiger partial charge is 0.407 e. The zero-order chi connectivity index (χ0) is 16.8. The van der Waals surface area contributed by atoms with Crippen LogP contribution in [-0.2, 0) is 14.4 Å². The van der Waals surface area contributed by atoms with Crippen LogP contribution in [0.1, 0.15) is 46.5 Å². The lowest BCUT2D eigenvalue weighted by Crippen LogP contribution is -2.40. The molecule has 1 rings (SSSR count). The van der Waals surface area contributed by atoms with Gasteiger partial charge in [0, 0.05) is 19.2 Å². The molecule has 0 radical (unpaired) electrons. The lowest BCUT2D eigenvalue weighted by atomic mass is 9.86. The Balaban J connectivity index is 2.33. The molecule has 1 aliphatic rings. The van der Waals surface area contributed by atoms with Crippen LogP contribution in [0, 0.1) is 5.92 Å². The van der Waals surface area contributed by atoms with Crippen LogP contribution in [0.3, 0.4) is 0 Å². The largest absolute Gasteiger partial charge is 0.444 e. The number of nitrogens with zero attached hydrogens (tertiary/aromatic N) is 1. The Hall–Kier alpha value is -1.56. The summed E-state index contributed by atoms with van der Waals surface area (Å²) in [4.78, 5) is 28.1. The molecular formula is C16H28N2O4. The van der Waals surface area contributed by atoms with Gasteiger partial charge < -0.3 is 10.1 Å². The maximum absolute atomic E-state index is 11.7. The summed E-state index contributed by atoms with van der Waals surface area (Å²) in [5.41, 5.74) is -0.474. The zero-order valence-electron chi connectivity index (χ0n) is 14.2. The SMILES string of the molecule is CON(C)C(=O)/C=C/C1CCC(NC(=O)OC(C)(C)C)CC1.